The molecule has 144 valence electrons. The molecule has 2 aromatic heterocycles. The van der Waals surface area contributed by atoms with E-state index in [1.807, 2.05) is 13.1 Å². The second-order valence-electron chi connectivity index (χ2n) is 7.77. The molecule has 28 heavy (non-hydrogen) atoms. The van der Waals surface area contributed by atoms with Crippen LogP contribution in [0.2, 0.25) is 0 Å². The lowest BCUT2D eigenvalue weighted by atomic mass is 10.1. The summed E-state index contributed by atoms with van der Waals surface area (Å²) in [7, 11) is 0. The summed E-state index contributed by atoms with van der Waals surface area (Å²) in [5.74, 6) is 1.06. The SMILES string of the molecule is Cc1nn(-c2ccc(F)cc2)cc1CN1CCc2nc(C3CC3)[nH]c(=O)c2C1. The van der Waals surface area contributed by atoms with E-state index in [1.165, 1.54) is 12.1 Å². The van der Waals surface area contributed by atoms with Crippen molar-refractivity contribution in [3.63, 3.8) is 0 Å². The van der Waals surface area contributed by atoms with Gasteiger partial charge in [0.1, 0.15) is 11.6 Å². The van der Waals surface area contributed by atoms with E-state index in [4.69, 9.17) is 4.98 Å². The third-order valence-electron chi connectivity index (χ3n) is 5.62. The molecule has 6 nitrogen and oxygen atoms in total. The number of benzene rings is 1. The van der Waals surface area contributed by atoms with Crippen molar-refractivity contribution in [1.29, 1.82) is 0 Å². The molecule has 1 N–H and O–H groups in total. The maximum Gasteiger partial charge on any atom is 0.255 e. The average Bonchev–Trinajstić information content (AvgIpc) is 3.47. The maximum atomic E-state index is 13.2. The molecular formula is C21H22FN5O. The molecule has 0 atom stereocenters. The molecule has 1 aliphatic heterocycles. The van der Waals surface area contributed by atoms with Crippen LogP contribution >= 0.6 is 0 Å². The minimum Gasteiger partial charge on any atom is -0.310 e. The Hall–Kier alpha value is -2.80. The van der Waals surface area contributed by atoms with Crippen molar-refractivity contribution in [2.75, 3.05) is 6.54 Å². The minimum atomic E-state index is -0.261. The molecule has 3 heterocycles. The van der Waals surface area contributed by atoms with Gasteiger partial charge >= 0.3 is 0 Å². The van der Waals surface area contributed by atoms with Crippen molar-refractivity contribution in [3.05, 3.63) is 75.0 Å². The predicted molar refractivity (Wildman–Crippen MR) is 103 cm³/mol. The molecule has 1 aromatic carbocycles. The van der Waals surface area contributed by atoms with Crippen LogP contribution in [-0.2, 0) is 19.5 Å². The highest BCUT2D eigenvalue weighted by Crippen LogP contribution is 2.37. The number of aryl methyl sites for hydroxylation is 1. The zero-order valence-electron chi connectivity index (χ0n) is 15.8. The summed E-state index contributed by atoms with van der Waals surface area (Å²) in [5, 5.41) is 4.56. The van der Waals surface area contributed by atoms with Gasteiger partial charge in [0, 0.05) is 43.7 Å². The number of H-pyrrole nitrogens is 1. The van der Waals surface area contributed by atoms with E-state index in [0.29, 0.717) is 12.5 Å². The quantitative estimate of drug-likeness (QED) is 0.757. The standard InChI is InChI=1S/C21H22FN5O/c1-13-15(11-27(25-13)17-6-4-16(22)5-7-17)10-26-9-8-19-18(12-26)21(28)24-20(23-19)14-2-3-14/h4-7,11,14H,2-3,8-10,12H2,1H3,(H,23,24,28). The van der Waals surface area contributed by atoms with Crippen LogP contribution in [0, 0.1) is 12.7 Å². The topological polar surface area (TPSA) is 66.8 Å². The molecule has 0 amide bonds. The Morgan fingerprint density at radius 1 is 1.25 bits per heavy atom. The van der Waals surface area contributed by atoms with Crippen LogP contribution in [0.1, 0.15) is 47.1 Å². The minimum absolute atomic E-state index is 0.00956. The second-order valence-corrected chi connectivity index (χ2v) is 7.77. The van der Waals surface area contributed by atoms with Crippen LogP contribution in [0.3, 0.4) is 0 Å². The lowest BCUT2D eigenvalue weighted by molar-refractivity contribution is 0.241. The first-order chi connectivity index (χ1) is 13.6. The molecule has 1 saturated carbocycles. The van der Waals surface area contributed by atoms with Gasteiger partial charge in [-0.2, -0.15) is 5.10 Å². The van der Waals surface area contributed by atoms with E-state index >= 15 is 0 Å². The Balaban J connectivity index is 1.35. The van der Waals surface area contributed by atoms with Crippen molar-refractivity contribution in [3.8, 4) is 5.69 Å². The van der Waals surface area contributed by atoms with Gasteiger partial charge in [-0.25, -0.2) is 14.1 Å². The van der Waals surface area contributed by atoms with E-state index in [2.05, 4.69) is 15.0 Å². The first-order valence-corrected chi connectivity index (χ1v) is 9.72. The van der Waals surface area contributed by atoms with Crippen LogP contribution in [0.15, 0.2) is 35.3 Å². The molecule has 1 fully saturated rings. The number of nitrogens with one attached hydrogen (secondary N) is 1. The molecule has 0 saturated heterocycles. The smallest absolute Gasteiger partial charge is 0.255 e. The van der Waals surface area contributed by atoms with Gasteiger partial charge in [0.25, 0.3) is 5.56 Å². The normalized spacial score (nSPS) is 16.9. The Morgan fingerprint density at radius 2 is 2.04 bits per heavy atom. The lowest BCUT2D eigenvalue weighted by Crippen LogP contribution is -2.35. The summed E-state index contributed by atoms with van der Waals surface area (Å²) in [4.78, 5) is 22.5. The van der Waals surface area contributed by atoms with Crippen LogP contribution in [-0.4, -0.2) is 31.2 Å². The van der Waals surface area contributed by atoms with E-state index in [1.54, 1.807) is 16.8 Å². The van der Waals surface area contributed by atoms with Crippen molar-refractivity contribution in [2.24, 2.45) is 0 Å². The van der Waals surface area contributed by atoms with E-state index in [-0.39, 0.29) is 11.4 Å². The number of rotatable bonds is 4. The molecule has 0 unspecified atom stereocenters. The molecule has 3 aromatic rings. The number of aromatic amines is 1. The highest BCUT2D eigenvalue weighted by molar-refractivity contribution is 5.33. The summed E-state index contributed by atoms with van der Waals surface area (Å²) in [6.45, 7) is 4.16. The Morgan fingerprint density at radius 3 is 2.79 bits per heavy atom. The maximum absolute atomic E-state index is 13.2. The molecular weight excluding hydrogens is 357 g/mol. The van der Waals surface area contributed by atoms with Gasteiger partial charge in [0.2, 0.25) is 0 Å². The van der Waals surface area contributed by atoms with Gasteiger partial charge in [-0.05, 0) is 44.0 Å². The van der Waals surface area contributed by atoms with Crippen molar-refractivity contribution < 1.29 is 4.39 Å². The monoisotopic (exact) mass is 379 g/mol. The van der Waals surface area contributed by atoms with Crippen LogP contribution in [0.4, 0.5) is 4.39 Å². The van der Waals surface area contributed by atoms with E-state index in [9.17, 15) is 9.18 Å². The number of halogens is 1. The largest absolute Gasteiger partial charge is 0.310 e. The van der Waals surface area contributed by atoms with Crippen LogP contribution in [0.5, 0.6) is 0 Å². The van der Waals surface area contributed by atoms with Gasteiger partial charge in [-0.3, -0.25) is 9.69 Å². The highest BCUT2D eigenvalue weighted by Gasteiger charge is 2.29. The predicted octanol–water partition coefficient (Wildman–Crippen LogP) is 2.84. The van der Waals surface area contributed by atoms with Gasteiger partial charge in [0.05, 0.1) is 22.6 Å². The average molecular weight is 379 g/mol. The van der Waals surface area contributed by atoms with Gasteiger partial charge < -0.3 is 4.98 Å². The summed E-state index contributed by atoms with van der Waals surface area (Å²) in [6, 6.07) is 6.29. The summed E-state index contributed by atoms with van der Waals surface area (Å²) in [6.07, 6.45) is 5.04. The number of aromatic nitrogens is 4. The molecule has 0 spiro atoms. The van der Waals surface area contributed by atoms with E-state index in [0.717, 1.165) is 66.4 Å². The fourth-order valence-electron chi connectivity index (χ4n) is 3.80. The summed E-state index contributed by atoms with van der Waals surface area (Å²) >= 11 is 0. The van der Waals surface area contributed by atoms with Gasteiger partial charge in [0.15, 0.2) is 0 Å². The van der Waals surface area contributed by atoms with Gasteiger partial charge in [-0.1, -0.05) is 0 Å². The zero-order chi connectivity index (χ0) is 19.3. The van der Waals surface area contributed by atoms with Crippen molar-refractivity contribution >= 4 is 0 Å². The van der Waals surface area contributed by atoms with E-state index < -0.39 is 0 Å². The molecule has 5 rings (SSSR count). The molecule has 0 radical (unpaired) electrons. The first kappa shape index (κ1) is 17.3. The fourth-order valence-corrected chi connectivity index (χ4v) is 3.80. The fraction of sp³-hybridized carbons (Fsp3) is 0.381. The van der Waals surface area contributed by atoms with Crippen LogP contribution < -0.4 is 5.56 Å². The Kier molecular flexibility index (Phi) is 4.12. The third-order valence-corrected chi connectivity index (χ3v) is 5.62. The first-order valence-electron chi connectivity index (χ1n) is 9.72. The van der Waals surface area contributed by atoms with Crippen molar-refractivity contribution in [1.82, 2.24) is 24.6 Å². The molecule has 2 aliphatic rings. The van der Waals surface area contributed by atoms with Crippen LogP contribution in [0.25, 0.3) is 5.69 Å². The molecule has 7 heteroatoms. The Labute approximate surface area is 162 Å². The number of nitrogens with zero attached hydrogens (tertiary/aromatic N) is 4. The lowest BCUT2D eigenvalue weighted by Gasteiger charge is -2.27. The summed E-state index contributed by atoms with van der Waals surface area (Å²) in [5.41, 5.74) is 4.63. The van der Waals surface area contributed by atoms with Crippen molar-refractivity contribution in [2.45, 2.75) is 45.2 Å². The molecule has 1 aliphatic carbocycles. The zero-order valence-corrected chi connectivity index (χ0v) is 15.8. The second kappa shape index (κ2) is 6.67. The van der Waals surface area contributed by atoms with Gasteiger partial charge in [-0.15, -0.1) is 0 Å². The number of hydrogen-bond donors (Lipinski definition) is 1. The number of hydrogen-bond acceptors (Lipinski definition) is 4. The summed E-state index contributed by atoms with van der Waals surface area (Å²) < 4.78 is 14.9. The number of fused-ring (bicyclic) bond motifs is 1. The molecule has 0 bridgehead atoms. The third kappa shape index (κ3) is 3.26. The Bertz CT molecular complexity index is 1080. The highest BCUT2D eigenvalue weighted by atomic mass is 19.1.